The minimum absolute atomic E-state index is 0.0458. The van der Waals surface area contributed by atoms with Gasteiger partial charge in [-0.3, -0.25) is 4.79 Å². The maximum atomic E-state index is 12.2. The van der Waals surface area contributed by atoms with Crippen LogP contribution in [0.4, 0.5) is 0 Å². The Morgan fingerprint density at radius 3 is 3.00 bits per heavy atom. The monoisotopic (exact) mass is 316 g/mol. The predicted octanol–water partition coefficient (Wildman–Crippen LogP) is 2.93. The van der Waals surface area contributed by atoms with Gasteiger partial charge in [0.05, 0.1) is 10.7 Å². The second-order valence-corrected chi connectivity index (χ2v) is 6.68. The van der Waals surface area contributed by atoms with Crippen molar-refractivity contribution in [3.8, 4) is 5.75 Å². The molecule has 1 aromatic heterocycles. The topological polar surface area (TPSA) is 51.2 Å². The molecule has 0 bridgehead atoms. The lowest BCUT2D eigenvalue weighted by atomic mass is 10.1. The van der Waals surface area contributed by atoms with Crippen molar-refractivity contribution in [3.63, 3.8) is 0 Å². The van der Waals surface area contributed by atoms with Crippen molar-refractivity contribution in [1.29, 1.82) is 0 Å². The molecule has 1 N–H and O–H groups in total. The molecule has 0 aliphatic carbocycles. The standard InChI is InChI=1S/C17H20N2O2S/c1-11(2)17-19-13(10-22-17)7-8-18-16(20)15-9-12-5-3-4-6-14(12)21-15/h3-6,10-11,15H,7-9H2,1-2H3,(H,18,20)/t15-/m0/s1. The zero-order valence-corrected chi connectivity index (χ0v) is 13.7. The lowest BCUT2D eigenvalue weighted by Crippen LogP contribution is -2.38. The first-order valence-electron chi connectivity index (χ1n) is 7.60. The van der Waals surface area contributed by atoms with Gasteiger partial charge in [0, 0.05) is 30.7 Å². The summed E-state index contributed by atoms with van der Waals surface area (Å²) >= 11 is 1.68. The predicted molar refractivity (Wildman–Crippen MR) is 87.5 cm³/mol. The SMILES string of the molecule is CC(C)c1nc(CCNC(=O)[C@@H]2Cc3ccccc3O2)cs1. The van der Waals surface area contributed by atoms with Crippen molar-refractivity contribution in [2.24, 2.45) is 0 Å². The molecule has 1 aliphatic rings. The molecule has 0 saturated heterocycles. The van der Waals surface area contributed by atoms with Gasteiger partial charge in [0.15, 0.2) is 6.10 Å². The molecule has 1 aliphatic heterocycles. The quantitative estimate of drug-likeness (QED) is 0.923. The molecular weight excluding hydrogens is 296 g/mol. The van der Waals surface area contributed by atoms with E-state index in [-0.39, 0.29) is 5.91 Å². The number of carbonyl (C=O) groups excluding carboxylic acids is 1. The van der Waals surface area contributed by atoms with E-state index >= 15 is 0 Å². The zero-order valence-electron chi connectivity index (χ0n) is 12.8. The largest absolute Gasteiger partial charge is 0.480 e. The van der Waals surface area contributed by atoms with Crippen molar-refractivity contribution in [3.05, 3.63) is 45.9 Å². The first kappa shape index (κ1) is 15.0. The van der Waals surface area contributed by atoms with E-state index in [1.54, 1.807) is 11.3 Å². The van der Waals surface area contributed by atoms with Gasteiger partial charge in [0.25, 0.3) is 5.91 Å². The van der Waals surface area contributed by atoms with Crippen LogP contribution in [-0.2, 0) is 17.6 Å². The average molecular weight is 316 g/mol. The van der Waals surface area contributed by atoms with Crippen LogP contribution in [0.1, 0.15) is 36.0 Å². The summed E-state index contributed by atoms with van der Waals surface area (Å²) in [6, 6.07) is 7.81. The zero-order chi connectivity index (χ0) is 15.5. The number of ether oxygens (including phenoxy) is 1. The number of aromatic nitrogens is 1. The van der Waals surface area contributed by atoms with E-state index in [9.17, 15) is 4.79 Å². The summed E-state index contributed by atoms with van der Waals surface area (Å²) in [5.74, 6) is 1.23. The van der Waals surface area contributed by atoms with Crippen LogP contribution in [0.3, 0.4) is 0 Å². The third-order valence-corrected chi connectivity index (χ3v) is 4.88. The van der Waals surface area contributed by atoms with Gasteiger partial charge in [-0.25, -0.2) is 4.98 Å². The number of nitrogens with zero attached hydrogens (tertiary/aromatic N) is 1. The highest BCUT2D eigenvalue weighted by Gasteiger charge is 2.28. The molecule has 3 rings (SSSR count). The number of amides is 1. The van der Waals surface area contributed by atoms with Gasteiger partial charge < -0.3 is 10.1 Å². The fourth-order valence-corrected chi connectivity index (χ4v) is 3.33. The third-order valence-electron chi connectivity index (χ3n) is 3.68. The van der Waals surface area contributed by atoms with E-state index in [1.165, 1.54) is 0 Å². The summed E-state index contributed by atoms with van der Waals surface area (Å²) in [5, 5.41) is 6.17. The van der Waals surface area contributed by atoms with Crippen LogP contribution in [0.5, 0.6) is 5.75 Å². The van der Waals surface area contributed by atoms with Crippen molar-refractivity contribution in [2.45, 2.75) is 38.7 Å². The maximum Gasteiger partial charge on any atom is 0.261 e. The number of para-hydroxylation sites is 1. The van der Waals surface area contributed by atoms with E-state index in [2.05, 4.69) is 29.5 Å². The normalized spacial score (nSPS) is 16.4. The molecule has 1 amide bonds. The van der Waals surface area contributed by atoms with Crippen molar-refractivity contribution in [2.75, 3.05) is 6.54 Å². The Hall–Kier alpha value is -1.88. The van der Waals surface area contributed by atoms with Crippen LogP contribution < -0.4 is 10.1 Å². The first-order valence-corrected chi connectivity index (χ1v) is 8.48. The van der Waals surface area contributed by atoms with Gasteiger partial charge in [-0.2, -0.15) is 0 Å². The van der Waals surface area contributed by atoms with Crippen molar-refractivity contribution >= 4 is 17.2 Å². The molecule has 116 valence electrons. The summed E-state index contributed by atoms with van der Waals surface area (Å²) in [6.07, 6.45) is 1.00. The van der Waals surface area contributed by atoms with Gasteiger partial charge >= 0.3 is 0 Å². The second kappa shape index (κ2) is 6.48. The molecule has 1 aromatic carbocycles. The molecule has 22 heavy (non-hydrogen) atoms. The van der Waals surface area contributed by atoms with E-state index in [0.717, 1.165) is 28.4 Å². The van der Waals surface area contributed by atoms with Crippen LogP contribution in [0, 0.1) is 0 Å². The number of hydrogen-bond donors (Lipinski definition) is 1. The molecule has 0 saturated carbocycles. The maximum absolute atomic E-state index is 12.2. The Labute approximate surface area is 134 Å². The number of nitrogens with one attached hydrogen (secondary N) is 1. The number of fused-ring (bicyclic) bond motifs is 1. The van der Waals surface area contributed by atoms with Crippen LogP contribution >= 0.6 is 11.3 Å². The van der Waals surface area contributed by atoms with Crippen LogP contribution in [-0.4, -0.2) is 23.5 Å². The summed E-state index contributed by atoms with van der Waals surface area (Å²) in [4.78, 5) is 16.7. The van der Waals surface area contributed by atoms with E-state index in [4.69, 9.17) is 4.74 Å². The fourth-order valence-electron chi connectivity index (χ4n) is 2.46. The molecule has 4 nitrogen and oxygen atoms in total. The van der Waals surface area contributed by atoms with Gasteiger partial charge in [0.1, 0.15) is 5.75 Å². The number of hydrogen-bond acceptors (Lipinski definition) is 4. The Bertz CT molecular complexity index is 641. The van der Waals surface area contributed by atoms with Gasteiger partial charge in [0.2, 0.25) is 0 Å². The van der Waals surface area contributed by atoms with Gasteiger partial charge in [-0.15, -0.1) is 11.3 Å². The first-order chi connectivity index (χ1) is 10.6. The van der Waals surface area contributed by atoms with Crippen molar-refractivity contribution < 1.29 is 9.53 Å². The summed E-state index contributed by atoms with van der Waals surface area (Å²) in [7, 11) is 0. The van der Waals surface area contributed by atoms with Gasteiger partial charge in [-0.1, -0.05) is 32.0 Å². The highest BCUT2D eigenvalue weighted by molar-refractivity contribution is 7.09. The number of carbonyl (C=O) groups is 1. The average Bonchev–Trinajstić information content (AvgIpc) is 3.13. The Kier molecular flexibility index (Phi) is 4.43. The van der Waals surface area contributed by atoms with Crippen LogP contribution in [0.15, 0.2) is 29.6 Å². The molecular formula is C17H20N2O2S. The van der Waals surface area contributed by atoms with E-state index in [1.807, 2.05) is 24.3 Å². The smallest absolute Gasteiger partial charge is 0.261 e. The summed E-state index contributed by atoms with van der Waals surface area (Å²) in [6.45, 7) is 4.87. The van der Waals surface area contributed by atoms with Crippen molar-refractivity contribution in [1.82, 2.24) is 10.3 Å². The van der Waals surface area contributed by atoms with E-state index < -0.39 is 6.10 Å². The van der Waals surface area contributed by atoms with Gasteiger partial charge in [-0.05, 0) is 11.6 Å². The highest BCUT2D eigenvalue weighted by Crippen LogP contribution is 2.28. The molecule has 0 fully saturated rings. The number of rotatable bonds is 5. The Morgan fingerprint density at radius 1 is 1.45 bits per heavy atom. The highest BCUT2D eigenvalue weighted by atomic mass is 32.1. The minimum atomic E-state index is -0.404. The van der Waals surface area contributed by atoms with Crippen LogP contribution in [0.2, 0.25) is 0 Å². The minimum Gasteiger partial charge on any atom is -0.480 e. The number of benzene rings is 1. The number of thiazole rings is 1. The van der Waals surface area contributed by atoms with Crippen LogP contribution in [0.25, 0.3) is 0 Å². The Balaban J connectivity index is 1.47. The molecule has 5 heteroatoms. The lowest BCUT2D eigenvalue weighted by Gasteiger charge is -2.10. The lowest BCUT2D eigenvalue weighted by molar-refractivity contribution is -0.127. The Morgan fingerprint density at radius 2 is 2.27 bits per heavy atom. The third kappa shape index (κ3) is 3.30. The second-order valence-electron chi connectivity index (χ2n) is 5.79. The molecule has 0 radical (unpaired) electrons. The molecule has 2 aromatic rings. The summed E-state index contributed by atoms with van der Waals surface area (Å²) < 4.78 is 5.68. The molecule has 0 unspecified atom stereocenters. The fraction of sp³-hybridized carbons (Fsp3) is 0.412. The molecule has 0 spiro atoms. The van der Waals surface area contributed by atoms with E-state index in [0.29, 0.717) is 18.9 Å². The summed E-state index contributed by atoms with van der Waals surface area (Å²) in [5.41, 5.74) is 2.15. The molecule has 1 atom stereocenters. The molecule has 2 heterocycles.